The van der Waals surface area contributed by atoms with Crippen LogP contribution < -0.4 is 4.90 Å². The summed E-state index contributed by atoms with van der Waals surface area (Å²) in [5, 5.41) is 7.73. The summed E-state index contributed by atoms with van der Waals surface area (Å²) in [6, 6.07) is 0. The van der Waals surface area contributed by atoms with Gasteiger partial charge < -0.3 is 4.90 Å². The first-order chi connectivity index (χ1) is 9.24. The molecule has 0 aliphatic carbocycles. The Bertz CT molecular complexity index is 688. The van der Waals surface area contributed by atoms with E-state index < -0.39 is 0 Å². The van der Waals surface area contributed by atoms with Gasteiger partial charge in [0, 0.05) is 31.1 Å². The summed E-state index contributed by atoms with van der Waals surface area (Å²) in [7, 11) is 1.99. The Morgan fingerprint density at radius 2 is 2.21 bits per heavy atom. The number of aryl methyl sites for hydroxylation is 1. The quantitative estimate of drug-likeness (QED) is 0.785. The van der Waals surface area contributed by atoms with Crippen LogP contribution in [0.15, 0.2) is 17.9 Å². The molecule has 3 rings (SSSR count). The van der Waals surface area contributed by atoms with Gasteiger partial charge in [-0.25, -0.2) is 9.97 Å². The molecule has 0 unspecified atom stereocenters. The highest BCUT2D eigenvalue weighted by Gasteiger charge is 2.08. The molecule has 98 valence electrons. The monoisotopic (exact) mass is 274 g/mol. The van der Waals surface area contributed by atoms with E-state index in [1.165, 1.54) is 4.88 Å². The highest BCUT2D eigenvalue weighted by atomic mass is 32.1. The fourth-order valence-electron chi connectivity index (χ4n) is 1.85. The van der Waals surface area contributed by atoms with Gasteiger partial charge in [-0.3, -0.25) is 5.10 Å². The molecule has 0 amide bonds. The zero-order chi connectivity index (χ0) is 13.2. The van der Waals surface area contributed by atoms with Gasteiger partial charge in [-0.1, -0.05) is 0 Å². The van der Waals surface area contributed by atoms with Crippen molar-refractivity contribution in [1.29, 1.82) is 0 Å². The third kappa shape index (κ3) is 2.41. The van der Waals surface area contributed by atoms with Crippen LogP contribution in [0.5, 0.6) is 0 Å². The minimum Gasteiger partial charge on any atom is -0.343 e. The Labute approximate surface area is 114 Å². The molecule has 0 atom stereocenters. The summed E-state index contributed by atoms with van der Waals surface area (Å²) in [5.41, 5.74) is 3.77. The predicted octanol–water partition coefficient (Wildman–Crippen LogP) is 1.80. The lowest BCUT2D eigenvalue weighted by molar-refractivity contribution is 0.843. The number of hydrogen-bond acceptors (Lipinski definition) is 6. The fourth-order valence-corrected chi connectivity index (χ4v) is 2.62. The minimum absolute atomic E-state index is 0.707. The number of anilines is 1. The lowest BCUT2D eigenvalue weighted by Crippen LogP contribution is -2.22. The van der Waals surface area contributed by atoms with Gasteiger partial charge in [-0.2, -0.15) is 10.1 Å². The number of rotatable bonds is 4. The number of fused-ring (bicyclic) bond motifs is 1. The Morgan fingerprint density at radius 1 is 1.32 bits per heavy atom. The van der Waals surface area contributed by atoms with Crippen LogP contribution in [0.4, 0.5) is 5.95 Å². The van der Waals surface area contributed by atoms with Crippen molar-refractivity contribution in [3.63, 3.8) is 0 Å². The zero-order valence-electron chi connectivity index (χ0n) is 10.8. The SMILES string of the molecule is Cc1ncsc1CCN(C)c1ncc2cn[nH]c2n1. The second-order valence-corrected chi connectivity index (χ2v) is 5.32. The lowest BCUT2D eigenvalue weighted by Gasteiger charge is -2.16. The number of likely N-dealkylation sites (N-methyl/N-ethyl adjacent to an activating group) is 1. The molecule has 0 saturated heterocycles. The second kappa shape index (κ2) is 4.93. The average Bonchev–Trinajstić information content (AvgIpc) is 3.03. The molecule has 0 radical (unpaired) electrons. The number of nitrogens with one attached hydrogen (secondary N) is 1. The lowest BCUT2D eigenvalue weighted by atomic mass is 10.3. The first-order valence-electron chi connectivity index (χ1n) is 6.00. The number of aromatic nitrogens is 5. The van der Waals surface area contributed by atoms with Crippen molar-refractivity contribution in [3.05, 3.63) is 28.5 Å². The van der Waals surface area contributed by atoms with Crippen LogP contribution in [-0.2, 0) is 6.42 Å². The summed E-state index contributed by atoms with van der Waals surface area (Å²) < 4.78 is 0. The van der Waals surface area contributed by atoms with Crippen molar-refractivity contribution < 1.29 is 0 Å². The maximum Gasteiger partial charge on any atom is 0.227 e. The third-order valence-corrected chi connectivity index (χ3v) is 4.03. The molecule has 0 aliphatic heterocycles. The fraction of sp³-hybridized carbons (Fsp3) is 0.333. The molecule has 0 spiro atoms. The standard InChI is InChI=1S/C12H14N6S/c1-8-10(19-7-14-8)3-4-18(2)12-13-5-9-6-15-17-11(9)16-12/h5-7H,3-4H2,1-2H3,(H,13,15,16,17). The molecule has 0 saturated carbocycles. The van der Waals surface area contributed by atoms with Crippen molar-refractivity contribution in [2.24, 2.45) is 0 Å². The van der Waals surface area contributed by atoms with E-state index in [1.807, 2.05) is 24.4 Å². The normalized spacial score (nSPS) is 11.1. The molecule has 0 bridgehead atoms. The minimum atomic E-state index is 0.707. The predicted molar refractivity (Wildman–Crippen MR) is 75.5 cm³/mol. The number of thiazole rings is 1. The molecule has 1 N–H and O–H groups in total. The van der Waals surface area contributed by atoms with Gasteiger partial charge >= 0.3 is 0 Å². The van der Waals surface area contributed by atoms with Crippen LogP contribution in [0, 0.1) is 6.92 Å². The number of H-pyrrole nitrogens is 1. The Balaban J connectivity index is 1.72. The van der Waals surface area contributed by atoms with Crippen molar-refractivity contribution in [3.8, 4) is 0 Å². The van der Waals surface area contributed by atoms with Gasteiger partial charge in [0.2, 0.25) is 5.95 Å². The Hall–Kier alpha value is -2.02. The van der Waals surface area contributed by atoms with Gasteiger partial charge in [0.25, 0.3) is 0 Å². The highest BCUT2D eigenvalue weighted by molar-refractivity contribution is 7.09. The first kappa shape index (κ1) is 12.0. The summed E-state index contributed by atoms with van der Waals surface area (Å²) in [6.45, 7) is 2.90. The Kier molecular flexibility index (Phi) is 3.12. The van der Waals surface area contributed by atoms with Gasteiger partial charge in [0.1, 0.15) is 0 Å². The highest BCUT2D eigenvalue weighted by Crippen LogP contribution is 2.15. The molecule has 0 aliphatic rings. The van der Waals surface area contributed by atoms with Crippen LogP contribution in [0.3, 0.4) is 0 Å². The maximum absolute atomic E-state index is 4.44. The summed E-state index contributed by atoms with van der Waals surface area (Å²) in [5.74, 6) is 0.707. The molecular weight excluding hydrogens is 260 g/mol. The van der Waals surface area contributed by atoms with Gasteiger partial charge in [0.15, 0.2) is 5.65 Å². The summed E-state index contributed by atoms with van der Waals surface area (Å²) in [4.78, 5) is 16.4. The molecule has 3 heterocycles. The third-order valence-electron chi connectivity index (χ3n) is 3.04. The van der Waals surface area contributed by atoms with Gasteiger partial charge in [-0.15, -0.1) is 11.3 Å². The topological polar surface area (TPSA) is 70.6 Å². The molecule has 3 aromatic rings. The number of nitrogens with zero attached hydrogens (tertiary/aromatic N) is 5. The first-order valence-corrected chi connectivity index (χ1v) is 6.88. The van der Waals surface area contributed by atoms with Crippen molar-refractivity contribution in [1.82, 2.24) is 25.1 Å². The van der Waals surface area contributed by atoms with E-state index in [4.69, 9.17) is 0 Å². The van der Waals surface area contributed by atoms with Crippen LogP contribution in [0.1, 0.15) is 10.6 Å². The molecule has 7 heteroatoms. The van der Waals surface area contributed by atoms with Crippen LogP contribution in [-0.4, -0.2) is 38.7 Å². The molecule has 19 heavy (non-hydrogen) atoms. The van der Waals surface area contributed by atoms with Gasteiger partial charge in [0.05, 0.1) is 22.8 Å². The summed E-state index contributed by atoms with van der Waals surface area (Å²) in [6.07, 6.45) is 4.47. The zero-order valence-corrected chi connectivity index (χ0v) is 11.6. The van der Waals surface area contributed by atoms with Crippen LogP contribution in [0.25, 0.3) is 11.0 Å². The average molecular weight is 274 g/mol. The number of aromatic amines is 1. The van der Waals surface area contributed by atoms with Crippen molar-refractivity contribution in [2.45, 2.75) is 13.3 Å². The summed E-state index contributed by atoms with van der Waals surface area (Å²) >= 11 is 1.70. The maximum atomic E-state index is 4.44. The van der Waals surface area contributed by atoms with E-state index in [0.29, 0.717) is 5.95 Å². The molecule has 3 aromatic heterocycles. The van der Waals surface area contributed by atoms with Crippen molar-refractivity contribution in [2.75, 3.05) is 18.5 Å². The van der Waals surface area contributed by atoms with E-state index in [9.17, 15) is 0 Å². The molecule has 0 fully saturated rings. The molecular formula is C12H14N6S. The largest absolute Gasteiger partial charge is 0.343 e. The van der Waals surface area contributed by atoms with Gasteiger partial charge in [-0.05, 0) is 6.92 Å². The number of hydrogen-bond donors (Lipinski definition) is 1. The van der Waals surface area contributed by atoms with Crippen LogP contribution >= 0.6 is 11.3 Å². The van der Waals surface area contributed by atoms with E-state index in [0.717, 1.165) is 29.7 Å². The van der Waals surface area contributed by atoms with E-state index in [-0.39, 0.29) is 0 Å². The second-order valence-electron chi connectivity index (χ2n) is 4.38. The Morgan fingerprint density at radius 3 is 3.00 bits per heavy atom. The molecule has 6 nitrogen and oxygen atoms in total. The van der Waals surface area contributed by atoms with E-state index in [1.54, 1.807) is 23.7 Å². The van der Waals surface area contributed by atoms with E-state index >= 15 is 0 Å². The molecule has 0 aromatic carbocycles. The smallest absolute Gasteiger partial charge is 0.227 e. The van der Waals surface area contributed by atoms with Crippen molar-refractivity contribution >= 4 is 28.3 Å². The van der Waals surface area contributed by atoms with E-state index in [2.05, 4.69) is 25.1 Å². The van der Waals surface area contributed by atoms with Crippen LogP contribution in [0.2, 0.25) is 0 Å².